The molecule has 0 saturated heterocycles. The lowest BCUT2D eigenvalue weighted by Gasteiger charge is -2.14. The summed E-state index contributed by atoms with van der Waals surface area (Å²) in [5.41, 5.74) is -0.361. The first-order valence-corrected chi connectivity index (χ1v) is 9.03. The number of nitro benzene ring substituents is 1. The lowest BCUT2D eigenvalue weighted by atomic mass is 10.3. The molecule has 0 bridgehead atoms. The Balaban J connectivity index is 2.46. The van der Waals surface area contributed by atoms with Gasteiger partial charge < -0.3 is 9.47 Å². The lowest BCUT2D eigenvalue weighted by molar-refractivity contribution is -0.387. The molecule has 0 atom stereocenters. The van der Waals surface area contributed by atoms with Crippen molar-refractivity contribution in [3.05, 3.63) is 52.6 Å². The van der Waals surface area contributed by atoms with E-state index in [4.69, 9.17) is 9.47 Å². The zero-order valence-corrected chi connectivity index (χ0v) is 14.6. The Labute approximate surface area is 145 Å². The van der Waals surface area contributed by atoms with Crippen molar-refractivity contribution in [3.8, 4) is 11.5 Å². The van der Waals surface area contributed by atoms with E-state index in [1.54, 1.807) is 26.0 Å². The molecule has 8 nitrogen and oxygen atoms in total. The highest BCUT2D eigenvalue weighted by Crippen LogP contribution is 2.33. The normalized spacial score (nSPS) is 11.0. The summed E-state index contributed by atoms with van der Waals surface area (Å²) in [6, 6.07) is 9.83. The summed E-state index contributed by atoms with van der Waals surface area (Å²) in [5.74, 6) is 0.749. The Kier molecular flexibility index (Phi) is 5.81. The van der Waals surface area contributed by atoms with E-state index in [1.165, 1.54) is 24.3 Å². The van der Waals surface area contributed by atoms with Crippen LogP contribution in [0.3, 0.4) is 0 Å². The van der Waals surface area contributed by atoms with Crippen molar-refractivity contribution >= 4 is 21.4 Å². The molecule has 9 heteroatoms. The molecular formula is C16H18N2O6S. The summed E-state index contributed by atoms with van der Waals surface area (Å²) in [6.07, 6.45) is 0. The van der Waals surface area contributed by atoms with Gasteiger partial charge in [-0.1, -0.05) is 12.1 Å². The van der Waals surface area contributed by atoms with Gasteiger partial charge in [0.2, 0.25) is 0 Å². The van der Waals surface area contributed by atoms with Crippen LogP contribution in [0, 0.1) is 10.1 Å². The standard InChI is InChI=1S/C16H18N2O6S/c1-3-23-12-9-10-15(24-4-2)13(11-12)17-25(21,22)16-8-6-5-7-14(16)18(19)20/h5-11,17H,3-4H2,1-2H3. The maximum Gasteiger partial charge on any atom is 0.289 e. The molecule has 0 aliphatic carbocycles. The molecule has 2 aromatic carbocycles. The van der Waals surface area contributed by atoms with Crippen LogP contribution in [0.1, 0.15) is 13.8 Å². The lowest BCUT2D eigenvalue weighted by Crippen LogP contribution is -2.15. The Morgan fingerprint density at radius 2 is 1.76 bits per heavy atom. The molecule has 0 heterocycles. The molecule has 0 amide bonds. The Bertz CT molecular complexity index is 867. The van der Waals surface area contributed by atoms with Crippen molar-refractivity contribution in [2.24, 2.45) is 0 Å². The van der Waals surface area contributed by atoms with Gasteiger partial charge >= 0.3 is 0 Å². The fraction of sp³-hybridized carbons (Fsp3) is 0.250. The molecule has 0 unspecified atom stereocenters. The largest absolute Gasteiger partial charge is 0.494 e. The molecule has 0 spiro atoms. The summed E-state index contributed by atoms with van der Waals surface area (Å²) >= 11 is 0. The predicted octanol–water partition coefficient (Wildman–Crippen LogP) is 3.19. The van der Waals surface area contributed by atoms with Gasteiger partial charge in [-0.25, -0.2) is 8.42 Å². The maximum absolute atomic E-state index is 12.6. The Morgan fingerprint density at radius 3 is 2.40 bits per heavy atom. The quantitative estimate of drug-likeness (QED) is 0.568. The minimum Gasteiger partial charge on any atom is -0.494 e. The van der Waals surface area contributed by atoms with Crippen LogP contribution in [0.15, 0.2) is 47.4 Å². The van der Waals surface area contributed by atoms with E-state index in [2.05, 4.69) is 4.72 Å². The third-order valence-corrected chi connectivity index (χ3v) is 4.57. The van der Waals surface area contributed by atoms with Crippen LogP contribution < -0.4 is 14.2 Å². The van der Waals surface area contributed by atoms with Crippen LogP contribution in [0.25, 0.3) is 0 Å². The highest BCUT2D eigenvalue weighted by Gasteiger charge is 2.26. The van der Waals surface area contributed by atoms with Crippen LogP contribution >= 0.6 is 0 Å². The van der Waals surface area contributed by atoms with Gasteiger partial charge in [0.15, 0.2) is 4.90 Å². The van der Waals surface area contributed by atoms with Crippen LogP contribution in [0.4, 0.5) is 11.4 Å². The van der Waals surface area contributed by atoms with Crippen LogP contribution in [-0.2, 0) is 10.0 Å². The monoisotopic (exact) mass is 366 g/mol. The fourth-order valence-electron chi connectivity index (χ4n) is 2.16. The Hall–Kier alpha value is -2.81. The molecule has 0 saturated carbocycles. The number of rotatable bonds is 8. The summed E-state index contributed by atoms with van der Waals surface area (Å²) in [7, 11) is -4.19. The van der Waals surface area contributed by atoms with Crippen molar-refractivity contribution in [1.82, 2.24) is 0 Å². The third kappa shape index (κ3) is 4.38. The van der Waals surface area contributed by atoms with Gasteiger partial charge in [-0.2, -0.15) is 0 Å². The average Bonchev–Trinajstić information content (AvgIpc) is 2.57. The number of hydrogen-bond acceptors (Lipinski definition) is 6. The third-order valence-electron chi connectivity index (χ3n) is 3.16. The molecule has 0 aromatic heterocycles. The summed E-state index contributed by atoms with van der Waals surface area (Å²) in [6.45, 7) is 4.29. The number of ether oxygens (including phenoxy) is 2. The molecule has 1 N–H and O–H groups in total. The number of benzene rings is 2. The Morgan fingerprint density at radius 1 is 1.08 bits per heavy atom. The fourth-order valence-corrected chi connectivity index (χ4v) is 3.40. The zero-order chi connectivity index (χ0) is 18.4. The van der Waals surface area contributed by atoms with Crippen LogP contribution in [0.5, 0.6) is 11.5 Å². The van der Waals surface area contributed by atoms with Gasteiger partial charge in [0.1, 0.15) is 11.5 Å². The number of nitro groups is 1. The summed E-state index contributed by atoms with van der Waals surface area (Å²) in [4.78, 5) is 9.93. The van der Waals surface area contributed by atoms with Gasteiger partial charge in [-0.05, 0) is 32.0 Å². The highest BCUT2D eigenvalue weighted by atomic mass is 32.2. The van der Waals surface area contributed by atoms with E-state index in [1.807, 2.05) is 0 Å². The maximum atomic E-state index is 12.6. The predicted molar refractivity (Wildman–Crippen MR) is 92.7 cm³/mol. The average molecular weight is 366 g/mol. The van der Waals surface area contributed by atoms with E-state index in [-0.39, 0.29) is 5.69 Å². The molecule has 0 aliphatic heterocycles. The van der Waals surface area contributed by atoms with E-state index in [0.29, 0.717) is 24.7 Å². The molecule has 134 valence electrons. The number of sulfonamides is 1. The van der Waals surface area contributed by atoms with Gasteiger partial charge in [0.05, 0.1) is 23.8 Å². The van der Waals surface area contributed by atoms with Crippen molar-refractivity contribution in [1.29, 1.82) is 0 Å². The van der Waals surface area contributed by atoms with Crippen molar-refractivity contribution in [2.75, 3.05) is 17.9 Å². The second-order valence-electron chi connectivity index (χ2n) is 4.85. The van der Waals surface area contributed by atoms with E-state index < -0.39 is 25.5 Å². The van der Waals surface area contributed by atoms with Crippen molar-refractivity contribution in [3.63, 3.8) is 0 Å². The van der Waals surface area contributed by atoms with Crippen LogP contribution in [0.2, 0.25) is 0 Å². The number of para-hydroxylation sites is 1. The smallest absolute Gasteiger partial charge is 0.289 e. The second-order valence-corrected chi connectivity index (χ2v) is 6.51. The van der Waals surface area contributed by atoms with Gasteiger partial charge in [0.25, 0.3) is 15.7 Å². The minimum absolute atomic E-state index is 0.144. The number of nitrogens with zero attached hydrogens (tertiary/aromatic N) is 1. The molecular weight excluding hydrogens is 348 g/mol. The van der Waals surface area contributed by atoms with E-state index in [9.17, 15) is 18.5 Å². The topological polar surface area (TPSA) is 108 Å². The van der Waals surface area contributed by atoms with E-state index in [0.717, 1.165) is 6.07 Å². The van der Waals surface area contributed by atoms with Gasteiger partial charge in [0, 0.05) is 12.1 Å². The number of hydrogen-bond donors (Lipinski definition) is 1. The SMILES string of the molecule is CCOc1ccc(OCC)c(NS(=O)(=O)c2ccccc2[N+](=O)[O-])c1. The second kappa shape index (κ2) is 7.84. The number of anilines is 1. The summed E-state index contributed by atoms with van der Waals surface area (Å²) < 4.78 is 38.4. The molecule has 2 rings (SSSR count). The minimum atomic E-state index is -4.19. The molecule has 0 fully saturated rings. The first kappa shape index (κ1) is 18.5. The molecule has 2 aromatic rings. The molecule has 25 heavy (non-hydrogen) atoms. The van der Waals surface area contributed by atoms with Crippen LogP contribution in [-0.4, -0.2) is 26.6 Å². The van der Waals surface area contributed by atoms with Gasteiger partial charge in [-0.15, -0.1) is 0 Å². The number of nitrogens with one attached hydrogen (secondary N) is 1. The van der Waals surface area contributed by atoms with E-state index >= 15 is 0 Å². The van der Waals surface area contributed by atoms with Crippen molar-refractivity contribution < 1.29 is 22.8 Å². The first-order chi connectivity index (χ1) is 11.9. The first-order valence-electron chi connectivity index (χ1n) is 7.55. The zero-order valence-electron chi connectivity index (χ0n) is 13.8. The highest BCUT2D eigenvalue weighted by molar-refractivity contribution is 7.92. The molecule has 0 radical (unpaired) electrons. The van der Waals surface area contributed by atoms with Gasteiger partial charge in [-0.3, -0.25) is 14.8 Å². The summed E-state index contributed by atoms with van der Waals surface area (Å²) in [5, 5.41) is 11.1. The van der Waals surface area contributed by atoms with Crippen molar-refractivity contribution in [2.45, 2.75) is 18.7 Å². The molecule has 0 aliphatic rings.